The number of hydrogen-bond acceptors (Lipinski definition) is 8. The monoisotopic (exact) mass is 424 g/mol. The number of ether oxygens (including phenoxy) is 1. The van der Waals surface area contributed by atoms with Crippen molar-refractivity contribution in [3.63, 3.8) is 0 Å². The molecule has 8 heteroatoms. The fraction of sp³-hybridized carbons (Fsp3) is 0.455. The summed E-state index contributed by atoms with van der Waals surface area (Å²) in [6.07, 6.45) is 2.44. The molecule has 0 spiro atoms. The average Bonchev–Trinajstić information content (AvgIpc) is 3.42. The molecule has 30 heavy (non-hydrogen) atoms. The van der Waals surface area contributed by atoms with E-state index in [4.69, 9.17) is 14.7 Å². The van der Waals surface area contributed by atoms with Crippen molar-refractivity contribution >= 4 is 44.7 Å². The Kier molecular flexibility index (Phi) is 5.45. The second kappa shape index (κ2) is 8.37. The molecule has 3 aromatic rings. The highest BCUT2D eigenvalue weighted by Gasteiger charge is 2.23. The number of thiophene rings is 1. The molecular formula is C22H28N6OS. The summed E-state index contributed by atoms with van der Waals surface area (Å²) in [7, 11) is 4.21. The van der Waals surface area contributed by atoms with Crippen molar-refractivity contribution in [2.75, 3.05) is 55.9 Å². The fourth-order valence-electron chi connectivity index (χ4n) is 3.81. The van der Waals surface area contributed by atoms with Gasteiger partial charge < -0.3 is 25.2 Å². The van der Waals surface area contributed by atoms with E-state index < -0.39 is 0 Å². The number of nitrogens with zero attached hydrogens (tertiary/aromatic N) is 4. The van der Waals surface area contributed by atoms with Crippen molar-refractivity contribution in [1.29, 1.82) is 0 Å². The van der Waals surface area contributed by atoms with E-state index in [1.54, 1.807) is 11.3 Å². The van der Waals surface area contributed by atoms with E-state index in [-0.39, 0.29) is 0 Å². The molecule has 0 unspecified atom stereocenters. The van der Waals surface area contributed by atoms with E-state index in [1.165, 1.54) is 24.1 Å². The number of benzene rings is 1. The van der Waals surface area contributed by atoms with Crippen LogP contribution in [0.1, 0.15) is 18.4 Å². The number of anilines is 4. The Morgan fingerprint density at radius 3 is 2.77 bits per heavy atom. The number of fused-ring (bicyclic) bond motifs is 1. The first kappa shape index (κ1) is 19.5. The maximum absolute atomic E-state index is 5.53. The Morgan fingerprint density at radius 1 is 1.17 bits per heavy atom. The van der Waals surface area contributed by atoms with Crippen LogP contribution in [0.25, 0.3) is 10.2 Å². The Labute approximate surface area is 181 Å². The number of morpholine rings is 1. The standard InChI is InChI=1S/C22H28N6OS/c1-27(2)14-15-13-17(5-6-19(15)28-8-10-29-11-9-28)24-22-25-18-7-12-30-20(18)21(26-22)23-16-3-4-16/h5-7,12-13,16H,3-4,8-11,14H2,1-2H3,(H2,23,24,25,26). The predicted octanol–water partition coefficient (Wildman–Crippen LogP) is 3.91. The van der Waals surface area contributed by atoms with Crippen LogP contribution in [0.4, 0.5) is 23.1 Å². The zero-order valence-electron chi connectivity index (χ0n) is 17.5. The minimum Gasteiger partial charge on any atom is -0.378 e. The minimum absolute atomic E-state index is 0.553. The topological polar surface area (TPSA) is 65.5 Å². The molecule has 158 valence electrons. The Morgan fingerprint density at radius 2 is 2.00 bits per heavy atom. The summed E-state index contributed by atoms with van der Waals surface area (Å²) in [4.78, 5) is 14.1. The molecule has 7 nitrogen and oxygen atoms in total. The molecule has 0 radical (unpaired) electrons. The second-order valence-corrected chi connectivity index (χ2v) is 9.17. The lowest BCUT2D eigenvalue weighted by Gasteiger charge is -2.31. The lowest BCUT2D eigenvalue weighted by atomic mass is 10.1. The highest BCUT2D eigenvalue weighted by Crippen LogP contribution is 2.33. The van der Waals surface area contributed by atoms with Crippen LogP contribution in [-0.4, -0.2) is 61.3 Å². The first-order valence-corrected chi connectivity index (χ1v) is 11.4. The van der Waals surface area contributed by atoms with Crippen molar-refractivity contribution in [3.05, 3.63) is 35.2 Å². The van der Waals surface area contributed by atoms with Gasteiger partial charge in [0.2, 0.25) is 5.95 Å². The van der Waals surface area contributed by atoms with Crippen molar-refractivity contribution < 1.29 is 4.74 Å². The maximum Gasteiger partial charge on any atom is 0.229 e. The van der Waals surface area contributed by atoms with Crippen molar-refractivity contribution in [3.8, 4) is 0 Å². The maximum atomic E-state index is 5.53. The van der Waals surface area contributed by atoms with Crippen LogP contribution < -0.4 is 15.5 Å². The van der Waals surface area contributed by atoms with Gasteiger partial charge in [0.05, 0.1) is 23.4 Å². The summed E-state index contributed by atoms with van der Waals surface area (Å²) < 4.78 is 6.66. The lowest BCUT2D eigenvalue weighted by molar-refractivity contribution is 0.122. The van der Waals surface area contributed by atoms with Gasteiger partial charge in [-0.05, 0) is 62.1 Å². The number of aromatic nitrogens is 2. The fourth-order valence-corrected chi connectivity index (χ4v) is 4.59. The molecule has 2 fully saturated rings. The summed E-state index contributed by atoms with van der Waals surface area (Å²) in [5.74, 6) is 1.58. The van der Waals surface area contributed by atoms with Crippen molar-refractivity contribution in [1.82, 2.24) is 14.9 Å². The van der Waals surface area contributed by atoms with Crippen LogP contribution in [0.15, 0.2) is 29.6 Å². The molecule has 0 amide bonds. The molecule has 1 aliphatic carbocycles. The van der Waals surface area contributed by atoms with Gasteiger partial charge in [-0.2, -0.15) is 4.98 Å². The second-order valence-electron chi connectivity index (χ2n) is 8.26. The van der Waals surface area contributed by atoms with Crippen LogP contribution >= 0.6 is 11.3 Å². The van der Waals surface area contributed by atoms with E-state index in [9.17, 15) is 0 Å². The summed E-state index contributed by atoms with van der Waals surface area (Å²) in [6.45, 7) is 4.31. The minimum atomic E-state index is 0.553. The number of rotatable bonds is 7. The molecular weight excluding hydrogens is 396 g/mol. The predicted molar refractivity (Wildman–Crippen MR) is 124 cm³/mol. The van der Waals surface area contributed by atoms with Crippen molar-refractivity contribution in [2.45, 2.75) is 25.4 Å². The summed E-state index contributed by atoms with van der Waals surface area (Å²) in [6, 6.07) is 9.17. The van der Waals surface area contributed by atoms with Gasteiger partial charge in [0, 0.05) is 37.1 Å². The molecule has 2 aromatic heterocycles. The smallest absolute Gasteiger partial charge is 0.229 e. The van der Waals surface area contributed by atoms with E-state index in [0.29, 0.717) is 12.0 Å². The van der Waals surface area contributed by atoms with E-state index in [2.05, 4.69) is 64.2 Å². The molecule has 3 heterocycles. The first-order chi connectivity index (χ1) is 14.7. The summed E-state index contributed by atoms with van der Waals surface area (Å²) >= 11 is 1.69. The Hall–Kier alpha value is -2.42. The zero-order chi connectivity index (χ0) is 20.5. The molecule has 1 aromatic carbocycles. The Balaban J connectivity index is 1.43. The number of nitrogens with one attached hydrogen (secondary N) is 2. The third kappa shape index (κ3) is 4.35. The molecule has 1 aliphatic heterocycles. The molecule has 1 saturated heterocycles. The van der Waals surface area contributed by atoms with E-state index in [1.807, 2.05) is 0 Å². The van der Waals surface area contributed by atoms with Crippen LogP contribution in [0.5, 0.6) is 0 Å². The lowest BCUT2D eigenvalue weighted by Crippen LogP contribution is -2.37. The Bertz CT molecular complexity index is 1030. The average molecular weight is 425 g/mol. The van der Waals surface area contributed by atoms with Gasteiger partial charge >= 0.3 is 0 Å². The number of hydrogen-bond donors (Lipinski definition) is 2. The third-order valence-corrected chi connectivity index (χ3v) is 6.31. The molecule has 0 bridgehead atoms. The highest BCUT2D eigenvalue weighted by molar-refractivity contribution is 7.17. The van der Waals surface area contributed by atoms with E-state index >= 15 is 0 Å². The van der Waals surface area contributed by atoms with Gasteiger partial charge in [-0.15, -0.1) is 11.3 Å². The van der Waals surface area contributed by atoms with Gasteiger partial charge in [0.25, 0.3) is 0 Å². The van der Waals surface area contributed by atoms with Gasteiger partial charge in [0.15, 0.2) is 0 Å². The molecule has 1 saturated carbocycles. The van der Waals surface area contributed by atoms with Crippen LogP contribution in [0.2, 0.25) is 0 Å². The quantitative estimate of drug-likeness (QED) is 0.596. The molecule has 2 aliphatic rings. The van der Waals surface area contributed by atoms with Gasteiger partial charge in [-0.3, -0.25) is 0 Å². The first-order valence-electron chi connectivity index (χ1n) is 10.5. The molecule has 5 rings (SSSR count). The summed E-state index contributed by atoms with van der Waals surface area (Å²) in [5, 5.41) is 9.08. The highest BCUT2D eigenvalue weighted by atomic mass is 32.1. The van der Waals surface area contributed by atoms with E-state index in [0.717, 1.165) is 54.6 Å². The third-order valence-electron chi connectivity index (χ3n) is 5.40. The van der Waals surface area contributed by atoms with Gasteiger partial charge in [-0.1, -0.05) is 0 Å². The zero-order valence-corrected chi connectivity index (χ0v) is 18.3. The van der Waals surface area contributed by atoms with Crippen LogP contribution in [-0.2, 0) is 11.3 Å². The van der Waals surface area contributed by atoms with Gasteiger partial charge in [-0.25, -0.2) is 4.98 Å². The van der Waals surface area contributed by atoms with Crippen LogP contribution in [0.3, 0.4) is 0 Å². The van der Waals surface area contributed by atoms with Gasteiger partial charge in [0.1, 0.15) is 5.82 Å². The SMILES string of the molecule is CN(C)Cc1cc(Nc2nc(NC3CC3)c3sccc3n2)ccc1N1CCOCC1. The normalized spacial score (nSPS) is 17.0. The summed E-state index contributed by atoms with van der Waals surface area (Å²) in [5.41, 5.74) is 4.57. The molecule has 2 N–H and O–H groups in total. The van der Waals surface area contributed by atoms with Crippen molar-refractivity contribution in [2.24, 2.45) is 0 Å². The largest absolute Gasteiger partial charge is 0.378 e. The molecule has 0 atom stereocenters. The van der Waals surface area contributed by atoms with Crippen LogP contribution in [0, 0.1) is 0 Å².